The molecule has 1 aliphatic heterocycles. The molecule has 0 aliphatic carbocycles. The Hall–Kier alpha value is -3.13. The number of hydrogen-bond donors (Lipinski definition) is 0. The van der Waals surface area contributed by atoms with E-state index in [-0.39, 0.29) is 11.8 Å². The molecule has 1 aromatic carbocycles. The summed E-state index contributed by atoms with van der Waals surface area (Å²) in [4.78, 5) is 36.3. The van der Waals surface area contributed by atoms with E-state index in [1.54, 1.807) is 28.0 Å². The number of carbonyl (C=O) groups is 2. The molecule has 3 rings (SSSR count). The minimum Gasteiger partial charge on any atom is -0.493 e. The fourth-order valence-electron chi connectivity index (χ4n) is 3.09. The monoisotopic (exact) mass is 430 g/mol. The molecule has 0 N–H and O–H groups in total. The van der Waals surface area contributed by atoms with Gasteiger partial charge in [-0.15, -0.1) is 0 Å². The standard InChI is InChI=1S/C21H23ClN4O4/c1-3-30-20-16(22)12-15(13-18(20)29-2)4-5-19(27)25-8-10-26(11-9-25)21(28)17-14-23-6-7-24-17/h4-7,12-14H,3,8-11H2,1-2H3/b5-4+. The summed E-state index contributed by atoms with van der Waals surface area (Å²) in [6, 6.07) is 3.48. The molecule has 2 amide bonds. The van der Waals surface area contributed by atoms with Gasteiger partial charge < -0.3 is 19.3 Å². The SMILES string of the molecule is CCOc1c(Cl)cc(/C=C/C(=O)N2CCN(C(=O)c3cnccn3)CC2)cc1OC. The number of carbonyl (C=O) groups excluding carboxylic acids is 2. The number of hydrogen-bond acceptors (Lipinski definition) is 6. The van der Waals surface area contributed by atoms with Crippen molar-refractivity contribution < 1.29 is 19.1 Å². The van der Waals surface area contributed by atoms with E-state index in [2.05, 4.69) is 9.97 Å². The lowest BCUT2D eigenvalue weighted by Gasteiger charge is -2.34. The van der Waals surface area contributed by atoms with Gasteiger partial charge in [-0.05, 0) is 30.7 Å². The molecule has 2 aromatic rings. The predicted molar refractivity (Wildman–Crippen MR) is 113 cm³/mol. The van der Waals surface area contributed by atoms with Crippen LogP contribution in [-0.2, 0) is 4.79 Å². The summed E-state index contributed by atoms with van der Waals surface area (Å²) < 4.78 is 10.8. The fourth-order valence-corrected chi connectivity index (χ4v) is 3.37. The highest BCUT2D eigenvalue weighted by Crippen LogP contribution is 2.36. The summed E-state index contributed by atoms with van der Waals surface area (Å²) in [5, 5.41) is 0.416. The highest BCUT2D eigenvalue weighted by Gasteiger charge is 2.24. The van der Waals surface area contributed by atoms with Gasteiger partial charge in [-0.25, -0.2) is 4.98 Å². The Morgan fingerprint density at radius 1 is 1.17 bits per heavy atom. The first-order chi connectivity index (χ1) is 14.5. The maximum atomic E-state index is 12.6. The van der Waals surface area contributed by atoms with Gasteiger partial charge in [-0.3, -0.25) is 14.6 Å². The summed E-state index contributed by atoms with van der Waals surface area (Å²) >= 11 is 6.27. The molecule has 0 saturated carbocycles. The number of aromatic nitrogens is 2. The minimum absolute atomic E-state index is 0.134. The number of ether oxygens (including phenoxy) is 2. The van der Waals surface area contributed by atoms with Crippen molar-refractivity contribution in [3.8, 4) is 11.5 Å². The van der Waals surface area contributed by atoms with E-state index in [0.29, 0.717) is 55.0 Å². The molecule has 0 bridgehead atoms. The number of methoxy groups -OCH3 is 1. The van der Waals surface area contributed by atoms with Gasteiger partial charge in [-0.2, -0.15) is 0 Å². The van der Waals surface area contributed by atoms with E-state index >= 15 is 0 Å². The molecule has 9 heteroatoms. The Bertz CT molecular complexity index is 928. The molecule has 8 nitrogen and oxygen atoms in total. The molecule has 0 radical (unpaired) electrons. The lowest BCUT2D eigenvalue weighted by Crippen LogP contribution is -2.50. The summed E-state index contributed by atoms with van der Waals surface area (Å²) in [5.74, 6) is 0.675. The number of amides is 2. The zero-order valence-corrected chi connectivity index (χ0v) is 17.6. The number of piperazine rings is 1. The molecule has 0 atom stereocenters. The first-order valence-corrected chi connectivity index (χ1v) is 9.94. The Morgan fingerprint density at radius 2 is 1.90 bits per heavy atom. The number of nitrogens with zero attached hydrogens (tertiary/aromatic N) is 4. The number of halogens is 1. The Balaban J connectivity index is 1.60. The molecular formula is C21H23ClN4O4. The van der Waals surface area contributed by atoms with Crippen molar-refractivity contribution in [2.75, 3.05) is 39.9 Å². The van der Waals surface area contributed by atoms with Crippen LogP contribution in [0.2, 0.25) is 5.02 Å². The van der Waals surface area contributed by atoms with Crippen LogP contribution in [0.3, 0.4) is 0 Å². The van der Waals surface area contributed by atoms with E-state index in [1.807, 2.05) is 6.92 Å². The van der Waals surface area contributed by atoms with Crippen molar-refractivity contribution in [3.05, 3.63) is 53.1 Å². The molecule has 1 saturated heterocycles. The van der Waals surface area contributed by atoms with Crippen molar-refractivity contribution in [1.82, 2.24) is 19.8 Å². The third kappa shape index (κ3) is 5.07. The zero-order chi connectivity index (χ0) is 21.5. The average Bonchev–Trinajstić information content (AvgIpc) is 2.79. The van der Waals surface area contributed by atoms with Crippen molar-refractivity contribution >= 4 is 29.5 Å². The second kappa shape index (κ2) is 10.1. The highest BCUT2D eigenvalue weighted by atomic mass is 35.5. The van der Waals surface area contributed by atoms with Crippen molar-refractivity contribution in [2.45, 2.75) is 6.92 Å². The second-order valence-corrected chi connectivity index (χ2v) is 6.92. The predicted octanol–water partition coefficient (Wildman–Crippen LogP) is 2.54. The molecule has 0 unspecified atom stereocenters. The maximum absolute atomic E-state index is 12.6. The maximum Gasteiger partial charge on any atom is 0.274 e. The van der Waals surface area contributed by atoms with Gasteiger partial charge in [0.1, 0.15) is 5.69 Å². The lowest BCUT2D eigenvalue weighted by molar-refractivity contribution is -0.127. The topological polar surface area (TPSA) is 84.9 Å². The van der Waals surface area contributed by atoms with Crippen molar-refractivity contribution in [2.24, 2.45) is 0 Å². The average molecular weight is 431 g/mol. The minimum atomic E-state index is -0.179. The van der Waals surface area contributed by atoms with Gasteiger partial charge in [0.2, 0.25) is 5.91 Å². The third-order valence-electron chi connectivity index (χ3n) is 4.62. The lowest BCUT2D eigenvalue weighted by atomic mass is 10.1. The van der Waals surface area contributed by atoms with Crippen molar-refractivity contribution in [3.63, 3.8) is 0 Å². The van der Waals surface area contributed by atoms with Crippen LogP contribution in [-0.4, -0.2) is 71.5 Å². The second-order valence-electron chi connectivity index (χ2n) is 6.51. The first-order valence-electron chi connectivity index (χ1n) is 9.56. The molecule has 30 heavy (non-hydrogen) atoms. The smallest absolute Gasteiger partial charge is 0.274 e. The number of benzene rings is 1. The van der Waals surface area contributed by atoms with Crippen LogP contribution in [0.4, 0.5) is 0 Å². The Labute approximate surface area is 180 Å². The summed E-state index contributed by atoms with van der Waals surface area (Å²) in [5.41, 5.74) is 1.03. The van der Waals surface area contributed by atoms with Gasteiger partial charge >= 0.3 is 0 Å². The van der Waals surface area contributed by atoms with Gasteiger partial charge in [0.25, 0.3) is 5.91 Å². The molecule has 1 aliphatic rings. The fraction of sp³-hybridized carbons (Fsp3) is 0.333. The van der Waals surface area contributed by atoms with E-state index in [1.165, 1.54) is 31.8 Å². The highest BCUT2D eigenvalue weighted by molar-refractivity contribution is 6.32. The van der Waals surface area contributed by atoms with Crippen LogP contribution in [0.25, 0.3) is 6.08 Å². The van der Waals surface area contributed by atoms with Crippen LogP contribution in [0.1, 0.15) is 23.0 Å². The quantitative estimate of drug-likeness (QED) is 0.655. The van der Waals surface area contributed by atoms with E-state index in [9.17, 15) is 9.59 Å². The van der Waals surface area contributed by atoms with Gasteiger partial charge in [0.15, 0.2) is 11.5 Å². The van der Waals surface area contributed by atoms with Gasteiger partial charge in [-0.1, -0.05) is 11.6 Å². The van der Waals surface area contributed by atoms with Gasteiger partial charge in [0, 0.05) is 44.6 Å². The van der Waals surface area contributed by atoms with E-state index < -0.39 is 0 Å². The Kier molecular flexibility index (Phi) is 7.24. The summed E-state index contributed by atoms with van der Waals surface area (Å²) in [7, 11) is 1.54. The normalized spacial score (nSPS) is 14.1. The molecule has 1 fully saturated rings. The summed E-state index contributed by atoms with van der Waals surface area (Å²) in [6.07, 6.45) is 7.63. The van der Waals surface area contributed by atoms with E-state index in [4.69, 9.17) is 21.1 Å². The van der Waals surface area contributed by atoms with Crippen LogP contribution in [0, 0.1) is 0 Å². The summed E-state index contributed by atoms with van der Waals surface area (Å²) in [6.45, 7) is 4.11. The Morgan fingerprint density at radius 3 is 2.53 bits per heavy atom. The van der Waals surface area contributed by atoms with Gasteiger partial charge in [0.05, 0.1) is 24.9 Å². The molecule has 2 heterocycles. The number of rotatable bonds is 6. The van der Waals surface area contributed by atoms with Crippen LogP contribution < -0.4 is 9.47 Å². The van der Waals surface area contributed by atoms with E-state index in [0.717, 1.165) is 5.56 Å². The van der Waals surface area contributed by atoms with Crippen LogP contribution >= 0.6 is 11.6 Å². The third-order valence-corrected chi connectivity index (χ3v) is 4.90. The van der Waals surface area contributed by atoms with Crippen molar-refractivity contribution in [1.29, 1.82) is 0 Å². The molecule has 158 valence electrons. The zero-order valence-electron chi connectivity index (χ0n) is 16.9. The largest absolute Gasteiger partial charge is 0.493 e. The molecular weight excluding hydrogens is 408 g/mol. The molecule has 0 spiro atoms. The van der Waals surface area contributed by atoms with Crippen LogP contribution in [0.5, 0.6) is 11.5 Å². The molecule has 1 aromatic heterocycles. The van der Waals surface area contributed by atoms with Crippen LogP contribution in [0.15, 0.2) is 36.8 Å². The first kappa shape index (κ1) is 21.6.